The maximum absolute atomic E-state index is 12.6. The van der Waals surface area contributed by atoms with Gasteiger partial charge in [-0.2, -0.15) is 0 Å². The minimum atomic E-state index is -0.811. The van der Waals surface area contributed by atoms with Gasteiger partial charge in [0.1, 0.15) is 0 Å². The van der Waals surface area contributed by atoms with Gasteiger partial charge in [-0.1, -0.05) is 37.5 Å². The second kappa shape index (κ2) is 5.88. The molecule has 1 N–H and O–H groups in total. The molecule has 1 unspecified atom stereocenters. The van der Waals surface area contributed by atoms with Crippen LogP contribution in [0.25, 0.3) is 0 Å². The summed E-state index contributed by atoms with van der Waals surface area (Å²) in [6.45, 7) is 0.559. The second-order valence-corrected chi connectivity index (χ2v) is 6.15. The van der Waals surface area contributed by atoms with Crippen LogP contribution in [0.2, 0.25) is 0 Å². The van der Waals surface area contributed by atoms with E-state index in [1.165, 1.54) is 6.42 Å². The van der Waals surface area contributed by atoms with Crippen LogP contribution >= 0.6 is 0 Å². The van der Waals surface area contributed by atoms with Crippen LogP contribution in [0.5, 0.6) is 0 Å². The number of carbonyl (C=O) groups excluding carboxylic acids is 1. The highest BCUT2D eigenvalue weighted by atomic mass is 16.4. The molecule has 1 atom stereocenters. The van der Waals surface area contributed by atoms with Crippen LogP contribution in [0, 0.1) is 5.92 Å². The van der Waals surface area contributed by atoms with Gasteiger partial charge >= 0.3 is 5.97 Å². The van der Waals surface area contributed by atoms with Crippen LogP contribution in [-0.4, -0.2) is 27.9 Å². The van der Waals surface area contributed by atoms with Crippen molar-refractivity contribution < 1.29 is 14.7 Å². The van der Waals surface area contributed by atoms with E-state index in [0.29, 0.717) is 12.5 Å². The van der Waals surface area contributed by atoms with E-state index in [1.807, 2.05) is 24.3 Å². The minimum absolute atomic E-state index is 0.00224. The van der Waals surface area contributed by atoms with Gasteiger partial charge in [-0.3, -0.25) is 9.59 Å². The zero-order valence-corrected chi connectivity index (χ0v) is 12.1. The molecule has 1 fully saturated rings. The molecule has 0 spiro atoms. The van der Waals surface area contributed by atoms with Crippen LogP contribution < -0.4 is 0 Å². The Morgan fingerprint density at radius 3 is 2.62 bits per heavy atom. The van der Waals surface area contributed by atoms with E-state index in [4.69, 9.17) is 0 Å². The van der Waals surface area contributed by atoms with Crippen LogP contribution in [0.1, 0.15) is 54.4 Å². The Bertz CT molecular complexity index is 549. The zero-order chi connectivity index (χ0) is 14.8. The number of carboxylic acids is 1. The first-order chi connectivity index (χ1) is 10.2. The maximum atomic E-state index is 12.6. The largest absolute Gasteiger partial charge is 0.481 e. The van der Waals surface area contributed by atoms with Crippen LogP contribution in [0.4, 0.5) is 0 Å². The molecule has 0 bridgehead atoms. The average molecular weight is 287 g/mol. The predicted molar refractivity (Wildman–Crippen MR) is 78.9 cm³/mol. The molecule has 1 aromatic rings. The number of hydrogen-bond acceptors (Lipinski definition) is 2. The van der Waals surface area contributed by atoms with Gasteiger partial charge in [0.15, 0.2) is 0 Å². The van der Waals surface area contributed by atoms with Crippen LogP contribution in [-0.2, 0) is 11.3 Å². The summed E-state index contributed by atoms with van der Waals surface area (Å²) in [5, 5.41) is 9.24. The molecule has 1 aromatic carbocycles. The van der Waals surface area contributed by atoms with Crippen molar-refractivity contribution in [2.75, 3.05) is 0 Å². The Morgan fingerprint density at radius 1 is 1.24 bits per heavy atom. The molecule has 0 radical (unpaired) electrons. The molecule has 1 saturated carbocycles. The van der Waals surface area contributed by atoms with Gasteiger partial charge in [0.2, 0.25) is 0 Å². The number of nitrogens with zero attached hydrogens (tertiary/aromatic N) is 1. The van der Waals surface area contributed by atoms with E-state index in [0.717, 1.165) is 36.8 Å². The Morgan fingerprint density at radius 2 is 1.95 bits per heavy atom. The number of benzene rings is 1. The number of fused-ring (bicyclic) bond motifs is 1. The summed E-state index contributed by atoms with van der Waals surface area (Å²) in [6.07, 6.45) is 5.66. The van der Waals surface area contributed by atoms with Crippen molar-refractivity contribution in [1.82, 2.24) is 4.90 Å². The van der Waals surface area contributed by atoms with E-state index >= 15 is 0 Å². The summed E-state index contributed by atoms with van der Waals surface area (Å²) in [4.78, 5) is 25.6. The number of carboxylic acid groups (broad SMARTS) is 1. The quantitative estimate of drug-likeness (QED) is 0.926. The maximum Gasteiger partial charge on any atom is 0.305 e. The number of amides is 1. The first-order valence-electron chi connectivity index (χ1n) is 7.77. The highest BCUT2D eigenvalue weighted by molar-refractivity contribution is 5.98. The molecular weight excluding hydrogens is 266 g/mol. The van der Waals surface area contributed by atoms with Crippen molar-refractivity contribution in [3.63, 3.8) is 0 Å². The molecular formula is C17H21NO3. The fraction of sp³-hybridized carbons (Fsp3) is 0.529. The van der Waals surface area contributed by atoms with Crippen molar-refractivity contribution in [1.29, 1.82) is 0 Å². The summed E-state index contributed by atoms with van der Waals surface area (Å²) < 4.78 is 0. The number of aliphatic carboxylic acids is 1. The topological polar surface area (TPSA) is 57.6 Å². The first kappa shape index (κ1) is 14.1. The molecule has 2 aliphatic rings. The normalized spacial score (nSPS) is 20.4. The molecule has 4 heteroatoms. The van der Waals surface area contributed by atoms with Crippen molar-refractivity contribution in [3.05, 3.63) is 35.4 Å². The van der Waals surface area contributed by atoms with E-state index in [2.05, 4.69) is 0 Å². The third-order valence-electron chi connectivity index (χ3n) is 4.83. The number of rotatable bonds is 4. The Balaban J connectivity index is 1.84. The third-order valence-corrected chi connectivity index (χ3v) is 4.83. The molecule has 4 nitrogen and oxygen atoms in total. The molecule has 1 heterocycles. The van der Waals surface area contributed by atoms with Crippen molar-refractivity contribution in [3.8, 4) is 0 Å². The SMILES string of the molecule is O=C(O)CC(C1CCCCC1)N1Cc2ccccc2C1=O. The highest BCUT2D eigenvalue weighted by Gasteiger charge is 2.37. The summed E-state index contributed by atoms with van der Waals surface area (Å²) in [6, 6.07) is 7.44. The highest BCUT2D eigenvalue weighted by Crippen LogP contribution is 2.34. The fourth-order valence-corrected chi connectivity index (χ4v) is 3.77. The zero-order valence-electron chi connectivity index (χ0n) is 12.1. The van der Waals surface area contributed by atoms with E-state index in [1.54, 1.807) is 4.90 Å². The van der Waals surface area contributed by atoms with Crippen LogP contribution in [0.15, 0.2) is 24.3 Å². The lowest BCUT2D eigenvalue weighted by Gasteiger charge is -2.35. The molecule has 1 aliphatic heterocycles. The summed E-state index contributed by atoms with van der Waals surface area (Å²) in [5.41, 5.74) is 1.76. The molecule has 1 aliphatic carbocycles. The lowest BCUT2D eigenvalue weighted by molar-refractivity contribution is -0.138. The molecule has 112 valence electrons. The van der Waals surface area contributed by atoms with Crippen molar-refractivity contribution in [2.45, 2.75) is 51.1 Å². The molecule has 1 amide bonds. The summed E-state index contributed by atoms with van der Waals surface area (Å²) in [7, 11) is 0. The Labute approximate surface area is 124 Å². The van der Waals surface area contributed by atoms with Crippen molar-refractivity contribution >= 4 is 11.9 Å². The van der Waals surface area contributed by atoms with Gasteiger partial charge in [0, 0.05) is 18.2 Å². The Hall–Kier alpha value is -1.84. The van der Waals surface area contributed by atoms with Crippen molar-refractivity contribution in [2.24, 2.45) is 5.92 Å². The minimum Gasteiger partial charge on any atom is -0.481 e. The van der Waals surface area contributed by atoms with Gasteiger partial charge < -0.3 is 10.0 Å². The number of carbonyl (C=O) groups is 2. The van der Waals surface area contributed by atoms with Gasteiger partial charge in [-0.25, -0.2) is 0 Å². The Kier molecular flexibility index (Phi) is 3.95. The number of hydrogen-bond donors (Lipinski definition) is 1. The summed E-state index contributed by atoms with van der Waals surface area (Å²) in [5.74, 6) is -0.482. The van der Waals surface area contributed by atoms with E-state index in [-0.39, 0.29) is 18.4 Å². The summed E-state index contributed by atoms with van der Waals surface area (Å²) >= 11 is 0. The standard InChI is InChI=1S/C17H21NO3/c19-16(20)10-15(12-6-2-1-3-7-12)18-11-13-8-4-5-9-14(13)17(18)21/h4-5,8-9,12,15H,1-3,6-7,10-11H2,(H,19,20). The lowest BCUT2D eigenvalue weighted by Crippen LogP contribution is -2.43. The average Bonchev–Trinajstić information content (AvgIpc) is 2.83. The van der Waals surface area contributed by atoms with Crippen LogP contribution in [0.3, 0.4) is 0 Å². The fourth-order valence-electron chi connectivity index (χ4n) is 3.77. The third kappa shape index (κ3) is 2.80. The monoisotopic (exact) mass is 287 g/mol. The molecule has 21 heavy (non-hydrogen) atoms. The predicted octanol–water partition coefficient (Wildman–Crippen LogP) is 3.07. The van der Waals surface area contributed by atoms with Gasteiger partial charge in [0.25, 0.3) is 5.91 Å². The van der Waals surface area contributed by atoms with E-state index in [9.17, 15) is 14.7 Å². The van der Waals surface area contributed by atoms with Gasteiger partial charge in [0.05, 0.1) is 6.42 Å². The second-order valence-electron chi connectivity index (χ2n) is 6.15. The first-order valence-corrected chi connectivity index (χ1v) is 7.77. The molecule has 3 rings (SSSR count). The smallest absolute Gasteiger partial charge is 0.305 e. The lowest BCUT2D eigenvalue weighted by atomic mass is 9.82. The molecule has 0 aromatic heterocycles. The van der Waals surface area contributed by atoms with Gasteiger partial charge in [-0.05, 0) is 30.4 Å². The molecule has 0 saturated heterocycles. The van der Waals surface area contributed by atoms with Gasteiger partial charge in [-0.15, -0.1) is 0 Å². The van der Waals surface area contributed by atoms with E-state index < -0.39 is 5.97 Å².